The van der Waals surface area contributed by atoms with E-state index in [0.717, 1.165) is 37.7 Å². The number of carboxylic acids is 1. The summed E-state index contributed by atoms with van der Waals surface area (Å²) in [5, 5.41) is 20.8. The number of hydrogen-bond acceptors (Lipinski definition) is 3. The number of aromatic hydroxyl groups is 1. The molecule has 0 unspecified atom stereocenters. The average molecular weight is 373 g/mol. The molecule has 2 atom stereocenters. The van der Waals surface area contributed by atoms with Crippen LogP contribution in [-0.4, -0.2) is 23.3 Å². The minimum Gasteiger partial charge on any atom is -0.507 e. The van der Waals surface area contributed by atoms with Gasteiger partial charge in [0.25, 0.3) is 0 Å². The van der Waals surface area contributed by atoms with Gasteiger partial charge in [-0.3, -0.25) is 0 Å². The first kappa shape index (κ1) is 21.1. The van der Waals surface area contributed by atoms with Crippen LogP contribution in [-0.2, 0) is 6.42 Å². The highest BCUT2D eigenvalue weighted by Gasteiger charge is 2.33. The van der Waals surface area contributed by atoms with Crippen molar-refractivity contribution in [3.05, 3.63) is 46.6 Å². The Morgan fingerprint density at radius 2 is 2.07 bits per heavy atom. The summed E-state index contributed by atoms with van der Waals surface area (Å²) in [7, 11) is 1.48. The third-order valence-electron chi connectivity index (χ3n) is 5.56. The molecule has 1 aromatic rings. The molecule has 2 N–H and O–H groups in total. The van der Waals surface area contributed by atoms with Gasteiger partial charge in [-0.25, -0.2) is 4.79 Å². The summed E-state index contributed by atoms with van der Waals surface area (Å²) in [6, 6.07) is 1.63. The molecule has 1 aliphatic rings. The number of phenolic OH excluding ortho intramolecular Hbond substituents is 1. The van der Waals surface area contributed by atoms with Crippen LogP contribution in [0.3, 0.4) is 0 Å². The van der Waals surface area contributed by atoms with E-state index in [4.69, 9.17) is 4.74 Å². The number of rotatable bonds is 8. The van der Waals surface area contributed by atoms with Crippen LogP contribution in [0.15, 0.2) is 29.9 Å². The molecule has 0 spiro atoms. The van der Waals surface area contributed by atoms with Crippen molar-refractivity contribution < 1.29 is 19.7 Å². The average Bonchev–Trinajstić information content (AvgIpc) is 2.60. The van der Waals surface area contributed by atoms with Crippen molar-refractivity contribution in [2.45, 2.75) is 65.2 Å². The predicted molar refractivity (Wildman–Crippen MR) is 109 cm³/mol. The molecule has 2 rings (SSSR count). The van der Waals surface area contributed by atoms with Crippen LogP contribution in [0.1, 0.15) is 80.3 Å². The number of ether oxygens (including phenoxy) is 1. The number of aryl methyl sites for hydroxylation is 1. The number of benzene rings is 1. The van der Waals surface area contributed by atoms with E-state index in [-0.39, 0.29) is 28.9 Å². The highest BCUT2D eigenvalue weighted by molar-refractivity contribution is 5.94. The topological polar surface area (TPSA) is 66.8 Å². The Morgan fingerprint density at radius 1 is 1.37 bits per heavy atom. The maximum atomic E-state index is 12.1. The second kappa shape index (κ2) is 9.12. The third-order valence-corrected chi connectivity index (χ3v) is 5.56. The summed E-state index contributed by atoms with van der Waals surface area (Å²) >= 11 is 0. The number of methoxy groups -OCH3 is 1. The summed E-state index contributed by atoms with van der Waals surface area (Å²) in [4.78, 5) is 12.1. The maximum Gasteiger partial charge on any atom is 0.339 e. The molecule has 0 radical (unpaired) electrons. The number of carboxylic acid groups (broad SMARTS) is 1. The van der Waals surface area contributed by atoms with E-state index in [0.29, 0.717) is 17.5 Å². The van der Waals surface area contributed by atoms with Gasteiger partial charge in [0.05, 0.1) is 7.11 Å². The minimum absolute atomic E-state index is 0.116. The molecule has 27 heavy (non-hydrogen) atoms. The van der Waals surface area contributed by atoms with E-state index >= 15 is 0 Å². The van der Waals surface area contributed by atoms with Gasteiger partial charge in [0, 0.05) is 11.5 Å². The highest BCUT2D eigenvalue weighted by Crippen LogP contribution is 2.48. The van der Waals surface area contributed by atoms with Crippen molar-refractivity contribution in [2.75, 3.05) is 7.11 Å². The zero-order chi connectivity index (χ0) is 20.1. The van der Waals surface area contributed by atoms with Crippen molar-refractivity contribution in [1.82, 2.24) is 0 Å². The van der Waals surface area contributed by atoms with E-state index < -0.39 is 5.97 Å². The Labute approximate surface area is 162 Å². The standard InChI is InChI=1S/C23H32O4/c1-6-7-8-9-16-13-19(24)21(22(27-5)20(16)23(25)26)18-12-15(4)10-11-17(18)14(2)3/h12-13,17-18,24H,2,6-11H2,1,3-5H3,(H,25,26)/t17-,18+/m0/s1. The number of carbonyl (C=O) groups is 1. The molecule has 4 nitrogen and oxygen atoms in total. The molecule has 0 amide bonds. The molecular formula is C23H32O4. The number of aromatic carboxylic acids is 1. The van der Waals surface area contributed by atoms with Gasteiger partial charge in [0.2, 0.25) is 0 Å². The molecule has 1 aliphatic carbocycles. The van der Waals surface area contributed by atoms with E-state index in [1.165, 1.54) is 12.7 Å². The van der Waals surface area contributed by atoms with Gasteiger partial charge in [0.15, 0.2) is 0 Å². The monoisotopic (exact) mass is 372 g/mol. The van der Waals surface area contributed by atoms with Gasteiger partial charge in [0.1, 0.15) is 17.1 Å². The minimum atomic E-state index is -1.01. The van der Waals surface area contributed by atoms with Crippen LogP contribution in [0, 0.1) is 5.92 Å². The van der Waals surface area contributed by atoms with Crippen LogP contribution < -0.4 is 4.74 Å². The Bertz CT molecular complexity index is 745. The van der Waals surface area contributed by atoms with Crippen molar-refractivity contribution in [3.8, 4) is 11.5 Å². The van der Waals surface area contributed by atoms with E-state index in [2.05, 4.69) is 26.5 Å². The fraction of sp³-hybridized carbons (Fsp3) is 0.522. The van der Waals surface area contributed by atoms with Crippen LogP contribution in [0.2, 0.25) is 0 Å². The second-order valence-corrected chi connectivity index (χ2v) is 7.67. The fourth-order valence-corrected chi connectivity index (χ4v) is 4.15. The van der Waals surface area contributed by atoms with Crippen LogP contribution in [0.25, 0.3) is 0 Å². The smallest absolute Gasteiger partial charge is 0.339 e. The number of phenols is 1. The number of hydrogen-bond donors (Lipinski definition) is 2. The van der Waals surface area contributed by atoms with Crippen molar-refractivity contribution in [2.24, 2.45) is 5.92 Å². The zero-order valence-corrected chi connectivity index (χ0v) is 17.0. The second-order valence-electron chi connectivity index (χ2n) is 7.67. The van der Waals surface area contributed by atoms with Gasteiger partial charge >= 0.3 is 5.97 Å². The summed E-state index contributed by atoms with van der Waals surface area (Å²) in [6.45, 7) is 10.3. The lowest BCUT2D eigenvalue weighted by Gasteiger charge is -2.32. The lowest BCUT2D eigenvalue weighted by atomic mass is 9.73. The summed E-state index contributed by atoms with van der Waals surface area (Å²) < 4.78 is 5.58. The quantitative estimate of drug-likeness (QED) is 0.444. The SMILES string of the molecule is C=C(C)[C@@H]1CCC(C)=C[C@H]1c1c(O)cc(CCCCC)c(C(=O)O)c1OC. The third kappa shape index (κ3) is 4.55. The highest BCUT2D eigenvalue weighted by atomic mass is 16.5. The van der Waals surface area contributed by atoms with Crippen molar-refractivity contribution >= 4 is 5.97 Å². The molecule has 4 heteroatoms. The largest absolute Gasteiger partial charge is 0.507 e. The number of unbranched alkanes of at least 4 members (excludes halogenated alkanes) is 2. The summed E-state index contributed by atoms with van der Waals surface area (Å²) in [5.74, 6) is -0.584. The van der Waals surface area contributed by atoms with Gasteiger partial charge in [-0.2, -0.15) is 0 Å². The van der Waals surface area contributed by atoms with Crippen molar-refractivity contribution in [1.29, 1.82) is 0 Å². The van der Waals surface area contributed by atoms with Crippen LogP contribution in [0.5, 0.6) is 11.5 Å². The first-order valence-corrected chi connectivity index (χ1v) is 9.80. The molecular weight excluding hydrogens is 340 g/mol. The maximum absolute atomic E-state index is 12.1. The Morgan fingerprint density at radius 3 is 2.63 bits per heavy atom. The van der Waals surface area contributed by atoms with Crippen molar-refractivity contribution in [3.63, 3.8) is 0 Å². The molecule has 0 bridgehead atoms. The van der Waals surface area contributed by atoms with Crippen LogP contribution in [0.4, 0.5) is 0 Å². The number of allylic oxidation sites excluding steroid dienone is 3. The van der Waals surface area contributed by atoms with Crippen LogP contribution >= 0.6 is 0 Å². The summed E-state index contributed by atoms with van der Waals surface area (Å²) in [5.41, 5.74) is 3.66. The first-order chi connectivity index (χ1) is 12.8. The fourth-order valence-electron chi connectivity index (χ4n) is 4.15. The molecule has 0 aliphatic heterocycles. The first-order valence-electron chi connectivity index (χ1n) is 9.80. The van der Waals surface area contributed by atoms with E-state index in [9.17, 15) is 15.0 Å². The lowest BCUT2D eigenvalue weighted by molar-refractivity contribution is 0.0691. The van der Waals surface area contributed by atoms with Gasteiger partial charge in [-0.05, 0) is 57.1 Å². The molecule has 0 saturated heterocycles. The zero-order valence-electron chi connectivity index (χ0n) is 17.0. The normalized spacial score (nSPS) is 19.5. The molecule has 0 heterocycles. The van der Waals surface area contributed by atoms with Gasteiger partial charge < -0.3 is 14.9 Å². The molecule has 0 aromatic heterocycles. The molecule has 0 saturated carbocycles. The Hall–Kier alpha value is -2.23. The van der Waals surface area contributed by atoms with E-state index in [1.807, 2.05) is 6.92 Å². The molecule has 148 valence electrons. The van der Waals surface area contributed by atoms with E-state index in [1.54, 1.807) is 6.07 Å². The Balaban J connectivity index is 2.65. The predicted octanol–water partition coefficient (Wildman–Crippen LogP) is 5.85. The van der Waals surface area contributed by atoms with Gasteiger partial charge in [-0.15, -0.1) is 0 Å². The lowest BCUT2D eigenvalue weighted by Crippen LogP contribution is -2.19. The van der Waals surface area contributed by atoms with Gasteiger partial charge in [-0.1, -0.05) is 43.6 Å². The Kier molecular flexibility index (Phi) is 7.11. The summed E-state index contributed by atoms with van der Waals surface area (Å²) in [6.07, 6.45) is 7.62. The molecule has 1 aromatic carbocycles. The molecule has 0 fully saturated rings.